The molecule has 12 heavy (non-hydrogen) atoms. The average Bonchev–Trinajstić information content (AvgIpc) is 2.28. The van der Waals surface area contributed by atoms with E-state index in [1.54, 1.807) is 6.07 Å². The zero-order chi connectivity index (χ0) is 8.72. The van der Waals surface area contributed by atoms with Crippen LogP contribution in [-0.4, -0.2) is 0 Å². The van der Waals surface area contributed by atoms with Crippen LogP contribution in [0.4, 0.5) is 10.1 Å². The smallest absolute Gasteiger partial charge is 0.125 e. The van der Waals surface area contributed by atoms with E-state index in [4.69, 9.17) is 0 Å². The largest absolute Gasteiger partial charge is 0.252 e. The highest BCUT2D eigenvalue weighted by molar-refractivity contribution is 9.15. The molecule has 0 saturated carbocycles. The molecule has 1 heterocycles. The van der Waals surface area contributed by atoms with E-state index >= 15 is 0 Å². The Kier molecular flexibility index (Phi) is 1.68. The molecule has 0 amide bonds. The number of benzene rings is 1. The number of allylic oxidation sites excluding steroid dienone is 1. The van der Waals surface area contributed by atoms with Crippen molar-refractivity contribution in [3.05, 3.63) is 35.3 Å². The minimum atomic E-state index is -0.243. The van der Waals surface area contributed by atoms with Crippen molar-refractivity contribution in [3.8, 4) is 0 Å². The number of nitrogens with zero attached hydrogens (tertiary/aromatic N) is 1. The molecule has 1 radical (unpaired) electrons. The predicted molar refractivity (Wildman–Crippen MR) is 49.7 cm³/mol. The Hall–Kier alpha value is -0.830. The Labute approximate surface area is 78.4 Å². The molecule has 61 valence electrons. The SMILES string of the molecule is CC1=C(Br)c2ccc(F)cc2[N]1. The summed E-state index contributed by atoms with van der Waals surface area (Å²) >= 11 is 3.39. The lowest BCUT2D eigenvalue weighted by molar-refractivity contribution is 0.627. The van der Waals surface area contributed by atoms with E-state index < -0.39 is 0 Å². The van der Waals surface area contributed by atoms with Gasteiger partial charge in [-0.1, -0.05) is 0 Å². The highest BCUT2D eigenvalue weighted by Crippen LogP contribution is 2.38. The van der Waals surface area contributed by atoms with Crippen LogP contribution in [0.2, 0.25) is 0 Å². The van der Waals surface area contributed by atoms with Crippen molar-refractivity contribution in [2.45, 2.75) is 6.92 Å². The van der Waals surface area contributed by atoms with Crippen molar-refractivity contribution >= 4 is 26.1 Å². The molecule has 0 aliphatic carbocycles. The van der Waals surface area contributed by atoms with E-state index in [0.717, 1.165) is 15.7 Å². The summed E-state index contributed by atoms with van der Waals surface area (Å²) in [6.45, 7) is 1.89. The number of hydrogen-bond acceptors (Lipinski definition) is 0. The van der Waals surface area contributed by atoms with Crippen molar-refractivity contribution < 1.29 is 4.39 Å². The van der Waals surface area contributed by atoms with Crippen LogP contribution in [-0.2, 0) is 0 Å². The summed E-state index contributed by atoms with van der Waals surface area (Å²) in [6, 6.07) is 4.61. The standard InChI is InChI=1S/C9H6BrFN/c1-5-9(10)7-3-2-6(11)4-8(7)12-5/h2-4H,1H3. The summed E-state index contributed by atoms with van der Waals surface area (Å²) in [5.74, 6) is -0.243. The van der Waals surface area contributed by atoms with Crippen LogP contribution in [0.25, 0.3) is 4.48 Å². The monoisotopic (exact) mass is 226 g/mol. The molecule has 0 saturated heterocycles. The lowest BCUT2D eigenvalue weighted by Gasteiger charge is -1.96. The topological polar surface area (TPSA) is 14.1 Å². The Morgan fingerprint density at radius 1 is 1.42 bits per heavy atom. The summed E-state index contributed by atoms with van der Waals surface area (Å²) < 4.78 is 13.7. The minimum Gasteiger partial charge on any atom is -0.252 e. The highest BCUT2D eigenvalue weighted by atomic mass is 79.9. The zero-order valence-corrected chi connectivity index (χ0v) is 8.02. The number of halogens is 2. The molecule has 1 aromatic carbocycles. The summed E-state index contributed by atoms with van der Waals surface area (Å²) in [5.41, 5.74) is 2.57. The summed E-state index contributed by atoms with van der Waals surface area (Å²) in [5, 5.41) is 4.19. The van der Waals surface area contributed by atoms with E-state index in [1.807, 2.05) is 6.92 Å². The Morgan fingerprint density at radius 2 is 2.17 bits per heavy atom. The second-order valence-electron chi connectivity index (χ2n) is 2.67. The van der Waals surface area contributed by atoms with Gasteiger partial charge in [-0.2, -0.15) is 0 Å². The first-order valence-electron chi connectivity index (χ1n) is 3.56. The molecule has 1 aliphatic rings. The van der Waals surface area contributed by atoms with Crippen LogP contribution in [0.1, 0.15) is 12.5 Å². The zero-order valence-electron chi connectivity index (χ0n) is 6.44. The highest BCUT2D eigenvalue weighted by Gasteiger charge is 2.17. The Balaban J connectivity index is 2.58. The van der Waals surface area contributed by atoms with Gasteiger partial charge in [0.05, 0.1) is 11.4 Å². The van der Waals surface area contributed by atoms with Crippen LogP contribution in [0.15, 0.2) is 23.9 Å². The maximum absolute atomic E-state index is 12.7. The van der Waals surface area contributed by atoms with Crippen molar-refractivity contribution in [3.63, 3.8) is 0 Å². The van der Waals surface area contributed by atoms with E-state index in [-0.39, 0.29) is 5.82 Å². The average molecular weight is 227 g/mol. The van der Waals surface area contributed by atoms with Gasteiger partial charge in [0.1, 0.15) is 5.82 Å². The summed E-state index contributed by atoms with van der Waals surface area (Å²) in [6.07, 6.45) is 0. The fraction of sp³-hybridized carbons (Fsp3) is 0.111. The minimum absolute atomic E-state index is 0.243. The molecule has 1 aliphatic heterocycles. The molecule has 2 rings (SSSR count). The first-order valence-corrected chi connectivity index (χ1v) is 4.36. The van der Waals surface area contributed by atoms with Gasteiger partial charge in [-0.3, -0.25) is 5.32 Å². The lowest BCUT2D eigenvalue weighted by Crippen LogP contribution is -1.87. The van der Waals surface area contributed by atoms with Gasteiger partial charge in [0.2, 0.25) is 0 Å². The van der Waals surface area contributed by atoms with Gasteiger partial charge in [0.15, 0.2) is 0 Å². The molecule has 1 aromatic rings. The normalized spacial score (nSPS) is 14.6. The first-order chi connectivity index (χ1) is 5.68. The fourth-order valence-electron chi connectivity index (χ4n) is 1.21. The second-order valence-corrected chi connectivity index (χ2v) is 3.47. The summed E-state index contributed by atoms with van der Waals surface area (Å²) in [7, 11) is 0. The molecular weight excluding hydrogens is 221 g/mol. The molecule has 0 fully saturated rings. The van der Waals surface area contributed by atoms with Gasteiger partial charge in [-0.05, 0) is 35.0 Å². The number of hydrogen-bond donors (Lipinski definition) is 0. The molecular formula is C9H6BrFN. The van der Waals surface area contributed by atoms with Crippen molar-refractivity contribution in [1.82, 2.24) is 5.32 Å². The molecule has 1 nitrogen and oxygen atoms in total. The Morgan fingerprint density at radius 3 is 2.92 bits per heavy atom. The van der Waals surface area contributed by atoms with Crippen molar-refractivity contribution in [2.24, 2.45) is 0 Å². The third kappa shape index (κ3) is 1.05. The fourth-order valence-corrected chi connectivity index (χ4v) is 1.63. The molecule has 0 spiro atoms. The van der Waals surface area contributed by atoms with Crippen LogP contribution in [0, 0.1) is 5.82 Å². The molecule has 3 heteroatoms. The van der Waals surface area contributed by atoms with Crippen LogP contribution in [0.5, 0.6) is 0 Å². The molecule has 0 atom stereocenters. The number of rotatable bonds is 0. The quantitative estimate of drug-likeness (QED) is 0.646. The van der Waals surface area contributed by atoms with Crippen molar-refractivity contribution in [2.75, 3.05) is 0 Å². The van der Waals surface area contributed by atoms with Crippen LogP contribution >= 0.6 is 15.9 Å². The van der Waals surface area contributed by atoms with Gasteiger partial charge in [-0.15, -0.1) is 0 Å². The Bertz CT molecular complexity index is 371. The van der Waals surface area contributed by atoms with Gasteiger partial charge in [0.25, 0.3) is 0 Å². The molecule has 0 aromatic heterocycles. The van der Waals surface area contributed by atoms with Gasteiger partial charge in [-0.25, -0.2) is 4.39 Å². The lowest BCUT2D eigenvalue weighted by atomic mass is 10.2. The van der Waals surface area contributed by atoms with E-state index in [2.05, 4.69) is 21.2 Å². The molecule has 0 N–H and O–H groups in total. The molecule has 0 unspecified atom stereocenters. The van der Waals surface area contributed by atoms with E-state index in [0.29, 0.717) is 5.69 Å². The maximum Gasteiger partial charge on any atom is 0.125 e. The van der Waals surface area contributed by atoms with Gasteiger partial charge in [0, 0.05) is 16.1 Å². The number of fused-ring (bicyclic) bond motifs is 1. The predicted octanol–water partition coefficient (Wildman–Crippen LogP) is 3.16. The third-order valence-electron chi connectivity index (χ3n) is 1.80. The molecule has 0 bridgehead atoms. The second kappa shape index (κ2) is 2.59. The van der Waals surface area contributed by atoms with Crippen LogP contribution in [0.3, 0.4) is 0 Å². The first kappa shape index (κ1) is 7.80. The maximum atomic E-state index is 12.7. The van der Waals surface area contributed by atoms with Gasteiger partial charge >= 0.3 is 0 Å². The van der Waals surface area contributed by atoms with Crippen LogP contribution < -0.4 is 5.32 Å². The van der Waals surface area contributed by atoms with Crippen molar-refractivity contribution in [1.29, 1.82) is 0 Å². The van der Waals surface area contributed by atoms with E-state index in [9.17, 15) is 4.39 Å². The van der Waals surface area contributed by atoms with E-state index in [1.165, 1.54) is 12.1 Å². The van der Waals surface area contributed by atoms with Gasteiger partial charge < -0.3 is 0 Å². The summed E-state index contributed by atoms with van der Waals surface area (Å²) in [4.78, 5) is 0. The third-order valence-corrected chi connectivity index (χ3v) is 2.80.